The van der Waals surface area contributed by atoms with Gasteiger partial charge in [0.25, 0.3) is 0 Å². The summed E-state index contributed by atoms with van der Waals surface area (Å²) in [6, 6.07) is 5.35. The third-order valence-electron chi connectivity index (χ3n) is 1.47. The zero-order chi connectivity index (χ0) is 10.4. The second-order valence-electron chi connectivity index (χ2n) is 2.55. The summed E-state index contributed by atoms with van der Waals surface area (Å²) in [4.78, 5) is 20.9. The number of rotatable bonds is 4. The number of hydrogen-bond acceptors (Lipinski definition) is 2. The second-order valence-corrected chi connectivity index (χ2v) is 2.55. The number of halogens is 1. The predicted molar refractivity (Wildman–Crippen MR) is 49.1 cm³/mol. The fourth-order valence-corrected chi connectivity index (χ4v) is 0.873. The largest absolute Gasteiger partial charge is 0.350 e. The van der Waals surface area contributed by atoms with Gasteiger partial charge in [-0.1, -0.05) is 0 Å². The summed E-state index contributed by atoms with van der Waals surface area (Å²) in [7, 11) is 0. The smallest absolute Gasteiger partial charge is 0.243 e. The zero-order valence-electron chi connectivity index (χ0n) is 7.29. The van der Waals surface area contributed by atoms with E-state index in [0.29, 0.717) is 12.1 Å². The van der Waals surface area contributed by atoms with Crippen LogP contribution in [0.4, 0.5) is 10.1 Å². The van der Waals surface area contributed by atoms with Crippen LogP contribution >= 0.6 is 0 Å². The molecule has 1 aromatic carbocycles. The number of carbonyl (C=O) groups excluding carboxylic acids is 2. The average molecular weight is 196 g/mol. The summed E-state index contributed by atoms with van der Waals surface area (Å²) < 4.78 is 12.5. The quantitative estimate of drug-likeness (QED) is 0.689. The first-order valence-electron chi connectivity index (χ1n) is 3.95. The van der Waals surface area contributed by atoms with Crippen LogP contribution < -0.4 is 10.6 Å². The van der Waals surface area contributed by atoms with E-state index in [1.807, 2.05) is 0 Å². The molecule has 1 aromatic rings. The third-order valence-corrected chi connectivity index (χ3v) is 1.47. The van der Waals surface area contributed by atoms with E-state index >= 15 is 0 Å². The monoisotopic (exact) mass is 196 g/mol. The fraction of sp³-hybridized carbons (Fsp3) is 0.111. The first kappa shape index (κ1) is 10.2. The van der Waals surface area contributed by atoms with Crippen LogP contribution in [0.25, 0.3) is 0 Å². The predicted octanol–water partition coefficient (Wildman–Crippen LogP) is 0.510. The third kappa shape index (κ3) is 3.22. The van der Waals surface area contributed by atoms with Crippen molar-refractivity contribution >= 4 is 18.0 Å². The van der Waals surface area contributed by atoms with Crippen LogP contribution in [-0.4, -0.2) is 18.9 Å². The molecule has 0 bridgehead atoms. The van der Waals surface area contributed by atoms with E-state index < -0.39 is 0 Å². The van der Waals surface area contributed by atoms with Crippen LogP contribution in [0, 0.1) is 5.82 Å². The molecule has 0 aliphatic rings. The van der Waals surface area contributed by atoms with Gasteiger partial charge in [0.15, 0.2) is 0 Å². The molecule has 5 heteroatoms. The molecular weight excluding hydrogens is 187 g/mol. The second kappa shape index (κ2) is 4.96. The normalized spacial score (nSPS) is 9.21. The Labute approximate surface area is 80.1 Å². The Morgan fingerprint density at radius 3 is 2.57 bits per heavy atom. The number of nitrogens with one attached hydrogen (secondary N) is 2. The first-order valence-corrected chi connectivity index (χ1v) is 3.95. The summed E-state index contributed by atoms with van der Waals surface area (Å²) in [5.41, 5.74) is 0.490. The molecule has 1 rings (SSSR count). The van der Waals surface area contributed by atoms with Gasteiger partial charge in [0.1, 0.15) is 5.82 Å². The van der Waals surface area contributed by atoms with Crippen LogP contribution in [-0.2, 0) is 9.59 Å². The molecule has 0 aliphatic carbocycles. The standard InChI is InChI=1S/C9H9FN2O2/c10-7-1-3-8(4-2-7)12-9(14)5-11-6-13/h1-4,6H,5H2,(H,11,13)(H,12,14). The Morgan fingerprint density at radius 1 is 1.36 bits per heavy atom. The highest BCUT2D eigenvalue weighted by atomic mass is 19.1. The minimum absolute atomic E-state index is 0.0964. The van der Waals surface area contributed by atoms with Gasteiger partial charge >= 0.3 is 0 Å². The maximum atomic E-state index is 12.5. The van der Waals surface area contributed by atoms with Gasteiger partial charge in [0, 0.05) is 5.69 Å². The lowest BCUT2D eigenvalue weighted by Gasteiger charge is -2.03. The molecule has 0 saturated carbocycles. The van der Waals surface area contributed by atoms with Crippen LogP contribution in [0.3, 0.4) is 0 Å². The molecule has 0 aliphatic heterocycles. The molecule has 2 amide bonds. The Bertz CT molecular complexity index is 324. The van der Waals surface area contributed by atoms with Crippen molar-refractivity contribution in [3.8, 4) is 0 Å². The average Bonchev–Trinajstić information content (AvgIpc) is 2.18. The van der Waals surface area contributed by atoms with Crippen LogP contribution in [0.5, 0.6) is 0 Å². The maximum Gasteiger partial charge on any atom is 0.243 e. The van der Waals surface area contributed by atoms with Crippen molar-refractivity contribution < 1.29 is 14.0 Å². The molecule has 2 N–H and O–H groups in total. The van der Waals surface area contributed by atoms with Gasteiger partial charge in [0.2, 0.25) is 12.3 Å². The van der Waals surface area contributed by atoms with Crippen LogP contribution in [0.2, 0.25) is 0 Å². The van der Waals surface area contributed by atoms with Crippen LogP contribution in [0.1, 0.15) is 0 Å². The van der Waals surface area contributed by atoms with Gasteiger partial charge in [-0.25, -0.2) is 4.39 Å². The van der Waals surface area contributed by atoms with Crippen molar-refractivity contribution in [3.63, 3.8) is 0 Å². The SMILES string of the molecule is O=CNCC(=O)Nc1ccc(F)cc1. The summed E-state index contributed by atoms with van der Waals surface area (Å²) in [5, 5.41) is 4.69. The molecule has 0 saturated heterocycles. The molecule has 0 fully saturated rings. The summed E-state index contributed by atoms with van der Waals surface area (Å²) in [6.07, 6.45) is 0.435. The van der Waals surface area contributed by atoms with Gasteiger partial charge in [-0.15, -0.1) is 0 Å². The zero-order valence-corrected chi connectivity index (χ0v) is 7.29. The number of carbonyl (C=O) groups is 2. The lowest BCUT2D eigenvalue weighted by molar-refractivity contribution is -0.118. The Kier molecular flexibility index (Phi) is 3.60. The molecule has 0 radical (unpaired) electrons. The Balaban J connectivity index is 2.47. The van der Waals surface area contributed by atoms with Crippen molar-refractivity contribution in [1.82, 2.24) is 5.32 Å². The highest BCUT2D eigenvalue weighted by Crippen LogP contribution is 2.07. The van der Waals surface area contributed by atoms with Gasteiger partial charge in [-0.2, -0.15) is 0 Å². The molecule has 0 unspecified atom stereocenters. The number of benzene rings is 1. The van der Waals surface area contributed by atoms with E-state index in [-0.39, 0.29) is 18.3 Å². The van der Waals surface area contributed by atoms with E-state index in [2.05, 4.69) is 10.6 Å². The van der Waals surface area contributed by atoms with E-state index in [4.69, 9.17) is 0 Å². The molecule has 14 heavy (non-hydrogen) atoms. The van der Waals surface area contributed by atoms with E-state index in [0.717, 1.165) is 0 Å². The van der Waals surface area contributed by atoms with Gasteiger partial charge in [0.05, 0.1) is 6.54 Å². The highest BCUT2D eigenvalue weighted by Gasteiger charge is 2.00. The fourth-order valence-electron chi connectivity index (χ4n) is 0.873. The number of hydrogen-bond donors (Lipinski definition) is 2. The van der Waals surface area contributed by atoms with Crippen molar-refractivity contribution in [1.29, 1.82) is 0 Å². The van der Waals surface area contributed by atoms with Gasteiger partial charge in [-0.05, 0) is 24.3 Å². The molecule has 0 spiro atoms. The summed E-state index contributed by atoms with van der Waals surface area (Å²) in [5.74, 6) is -0.724. The van der Waals surface area contributed by atoms with E-state index in [9.17, 15) is 14.0 Å². The molecule has 74 valence electrons. The Morgan fingerprint density at radius 2 is 2.00 bits per heavy atom. The van der Waals surface area contributed by atoms with E-state index in [1.54, 1.807) is 0 Å². The molecule has 4 nitrogen and oxygen atoms in total. The van der Waals surface area contributed by atoms with Gasteiger partial charge < -0.3 is 10.6 Å². The minimum atomic E-state index is -0.367. The summed E-state index contributed by atoms with van der Waals surface area (Å²) >= 11 is 0. The molecule has 0 aromatic heterocycles. The van der Waals surface area contributed by atoms with E-state index in [1.165, 1.54) is 24.3 Å². The number of amides is 2. The maximum absolute atomic E-state index is 12.5. The number of anilines is 1. The van der Waals surface area contributed by atoms with Crippen molar-refractivity contribution in [2.24, 2.45) is 0 Å². The Hall–Kier alpha value is -1.91. The highest BCUT2D eigenvalue weighted by molar-refractivity contribution is 5.92. The van der Waals surface area contributed by atoms with Crippen LogP contribution in [0.15, 0.2) is 24.3 Å². The molecular formula is C9H9FN2O2. The van der Waals surface area contributed by atoms with Gasteiger partial charge in [-0.3, -0.25) is 9.59 Å². The van der Waals surface area contributed by atoms with Crippen molar-refractivity contribution in [2.45, 2.75) is 0 Å². The summed E-state index contributed by atoms with van der Waals surface area (Å²) in [6.45, 7) is -0.0964. The first-order chi connectivity index (χ1) is 6.72. The van der Waals surface area contributed by atoms with Crippen molar-refractivity contribution in [3.05, 3.63) is 30.1 Å². The molecule has 0 atom stereocenters. The lowest BCUT2D eigenvalue weighted by atomic mass is 10.3. The van der Waals surface area contributed by atoms with Crippen molar-refractivity contribution in [2.75, 3.05) is 11.9 Å². The topological polar surface area (TPSA) is 58.2 Å². The molecule has 0 heterocycles. The lowest BCUT2D eigenvalue weighted by Crippen LogP contribution is -2.26. The minimum Gasteiger partial charge on any atom is -0.350 e.